The highest BCUT2D eigenvalue weighted by Gasteiger charge is 2.11. The molecule has 0 aliphatic heterocycles. The molecule has 0 saturated heterocycles. The molecule has 1 N–H and O–H groups in total. The smallest absolute Gasteiger partial charge is 0.135 e. The maximum Gasteiger partial charge on any atom is 0.135 e. The molecule has 0 unspecified atom stereocenters. The molecule has 72 valence electrons. The maximum atomic E-state index is 13.8. The molecule has 0 radical (unpaired) electrons. The molecule has 0 aliphatic rings. The van der Waals surface area contributed by atoms with Crippen molar-refractivity contribution < 1.29 is 4.39 Å². The minimum Gasteiger partial charge on any atom is -0.278 e. The summed E-state index contributed by atoms with van der Waals surface area (Å²) in [5, 5.41) is 6.59. The minimum absolute atomic E-state index is 0.172. The Hall–Kier alpha value is -1.64. The number of hydrogen-bond donors (Lipinski definition) is 1. The first kappa shape index (κ1) is 8.94. The summed E-state index contributed by atoms with van der Waals surface area (Å²) in [5.41, 5.74) is 2.91. The van der Waals surface area contributed by atoms with Crippen LogP contribution in [0.1, 0.15) is 11.1 Å². The van der Waals surface area contributed by atoms with E-state index in [2.05, 4.69) is 10.2 Å². The van der Waals surface area contributed by atoms with E-state index >= 15 is 0 Å². The van der Waals surface area contributed by atoms with Crippen LogP contribution in [0.3, 0.4) is 0 Å². The molecule has 1 aromatic heterocycles. The van der Waals surface area contributed by atoms with E-state index in [1.54, 1.807) is 25.3 Å². The standard InChI is InChI=1S/C11H11FN2/c1-7-3-4-8(2)11(12)10(7)9-5-6-13-14-9/h3-6H,1-2H3,(H,13,14). The number of nitrogens with one attached hydrogen (secondary N) is 1. The normalized spacial score (nSPS) is 10.5. The second kappa shape index (κ2) is 3.25. The van der Waals surface area contributed by atoms with E-state index in [9.17, 15) is 4.39 Å². The molecule has 1 aromatic carbocycles. The minimum atomic E-state index is -0.172. The fourth-order valence-corrected chi connectivity index (χ4v) is 1.50. The average molecular weight is 190 g/mol. The molecule has 0 fully saturated rings. The summed E-state index contributed by atoms with van der Waals surface area (Å²) in [7, 11) is 0. The van der Waals surface area contributed by atoms with Gasteiger partial charge in [-0.2, -0.15) is 5.10 Å². The molecule has 2 nitrogen and oxygen atoms in total. The van der Waals surface area contributed by atoms with Crippen molar-refractivity contribution in [1.82, 2.24) is 10.2 Å². The van der Waals surface area contributed by atoms with Gasteiger partial charge in [0.15, 0.2) is 0 Å². The lowest BCUT2D eigenvalue weighted by atomic mass is 10.0. The molecule has 0 amide bonds. The van der Waals surface area contributed by atoms with Crippen LogP contribution in [-0.4, -0.2) is 10.2 Å². The highest BCUT2D eigenvalue weighted by atomic mass is 19.1. The van der Waals surface area contributed by atoms with E-state index in [4.69, 9.17) is 0 Å². The number of aromatic nitrogens is 2. The van der Waals surface area contributed by atoms with Crippen molar-refractivity contribution >= 4 is 0 Å². The number of benzene rings is 1. The van der Waals surface area contributed by atoms with Gasteiger partial charge < -0.3 is 0 Å². The first-order valence-electron chi connectivity index (χ1n) is 4.45. The summed E-state index contributed by atoms with van der Waals surface area (Å²) in [5.74, 6) is -0.172. The largest absolute Gasteiger partial charge is 0.278 e. The Balaban J connectivity index is 2.69. The monoisotopic (exact) mass is 190 g/mol. The van der Waals surface area contributed by atoms with E-state index in [1.807, 2.05) is 13.0 Å². The number of halogens is 1. The summed E-state index contributed by atoms with van der Waals surface area (Å²) < 4.78 is 13.8. The van der Waals surface area contributed by atoms with Crippen LogP contribution < -0.4 is 0 Å². The molecule has 1 heterocycles. The van der Waals surface area contributed by atoms with Gasteiger partial charge >= 0.3 is 0 Å². The van der Waals surface area contributed by atoms with E-state index in [0.29, 0.717) is 11.1 Å². The molecule has 0 atom stereocenters. The topological polar surface area (TPSA) is 28.7 Å². The molecule has 0 spiro atoms. The van der Waals surface area contributed by atoms with Gasteiger partial charge in [-0.25, -0.2) is 4.39 Å². The molecular formula is C11H11FN2. The molecule has 0 saturated carbocycles. The Labute approximate surface area is 81.8 Å². The van der Waals surface area contributed by atoms with E-state index in [-0.39, 0.29) is 5.82 Å². The lowest BCUT2D eigenvalue weighted by molar-refractivity contribution is 0.620. The zero-order chi connectivity index (χ0) is 10.1. The van der Waals surface area contributed by atoms with Crippen LogP contribution in [0, 0.1) is 19.7 Å². The van der Waals surface area contributed by atoms with Crippen molar-refractivity contribution in [3.63, 3.8) is 0 Å². The third-order valence-corrected chi connectivity index (χ3v) is 2.31. The zero-order valence-corrected chi connectivity index (χ0v) is 8.13. The third-order valence-electron chi connectivity index (χ3n) is 2.31. The van der Waals surface area contributed by atoms with Gasteiger partial charge in [-0.15, -0.1) is 0 Å². The van der Waals surface area contributed by atoms with Crippen LogP contribution in [0.25, 0.3) is 11.3 Å². The van der Waals surface area contributed by atoms with Gasteiger partial charge in [0.25, 0.3) is 0 Å². The van der Waals surface area contributed by atoms with Gasteiger partial charge in [-0.3, -0.25) is 5.10 Å². The number of hydrogen-bond acceptors (Lipinski definition) is 1. The van der Waals surface area contributed by atoms with Crippen LogP contribution in [0.2, 0.25) is 0 Å². The van der Waals surface area contributed by atoms with Crippen LogP contribution in [0.4, 0.5) is 4.39 Å². The van der Waals surface area contributed by atoms with Crippen LogP contribution in [-0.2, 0) is 0 Å². The van der Waals surface area contributed by atoms with E-state index in [0.717, 1.165) is 11.3 Å². The van der Waals surface area contributed by atoms with E-state index in [1.165, 1.54) is 0 Å². The van der Waals surface area contributed by atoms with E-state index < -0.39 is 0 Å². The van der Waals surface area contributed by atoms with Crippen molar-refractivity contribution in [2.24, 2.45) is 0 Å². The Morgan fingerprint density at radius 1 is 1.14 bits per heavy atom. The van der Waals surface area contributed by atoms with Gasteiger partial charge in [0.05, 0.1) is 5.69 Å². The highest BCUT2D eigenvalue weighted by Crippen LogP contribution is 2.26. The second-order valence-corrected chi connectivity index (χ2v) is 3.36. The first-order chi connectivity index (χ1) is 6.70. The third kappa shape index (κ3) is 1.31. The highest BCUT2D eigenvalue weighted by molar-refractivity contribution is 5.64. The van der Waals surface area contributed by atoms with Crippen LogP contribution in [0.15, 0.2) is 24.4 Å². The summed E-state index contributed by atoms with van der Waals surface area (Å²) in [4.78, 5) is 0. The van der Waals surface area contributed by atoms with Crippen molar-refractivity contribution in [2.45, 2.75) is 13.8 Å². The number of aryl methyl sites for hydroxylation is 2. The fourth-order valence-electron chi connectivity index (χ4n) is 1.50. The van der Waals surface area contributed by atoms with Gasteiger partial charge in [-0.05, 0) is 31.0 Å². The van der Waals surface area contributed by atoms with Crippen molar-refractivity contribution in [3.8, 4) is 11.3 Å². The quantitative estimate of drug-likeness (QED) is 0.736. The van der Waals surface area contributed by atoms with Crippen LogP contribution in [0.5, 0.6) is 0 Å². The SMILES string of the molecule is Cc1ccc(C)c(-c2ccn[nH]2)c1F. The molecular weight excluding hydrogens is 179 g/mol. The Bertz CT molecular complexity index is 447. The summed E-state index contributed by atoms with van der Waals surface area (Å²) >= 11 is 0. The predicted octanol–water partition coefficient (Wildman–Crippen LogP) is 2.83. The Morgan fingerprint density at radius 2 is 1.86 bits per heavy atom. The second-order valence-electron chi connectivity index (χ2n) is 3.36. The zero-order valence-electron chi connectivity index (χ0n) is 8.13. The molecule has 14 heavy (non-hydrogen) atoms. The van der Waals surface area contributed by atoms with Crippen molar-refractivity contribution in [2.75, 3.05) is 0 Å². The van der Waals surface area contributed by atoms with Crippen molar-refractivity contribution in [3.05, 3.63) is 41.3 Å². The summed E-state index contributed by atoms with van der Waals surface area (Å²) in [6.07, 6.45) is 1.62. The van der Waals surface area contributed by atoms with Crippen molar-refractivity contribution in [1.29, 1.82) is 0 Å². The molecule has 2 rings (SSSR count). The number of H-pyrrole nitrogens is 1. The first-order valence-corrected chi connectivity index (χ1v) is 4.45. The van der Waals surface area contributed by atoms with Gasteiger partial charge in [0.1, 0.15) is 5.82 Å². The predicted molar refractivity (Wildman–Crippen MR) is 53.5 cm³/mol. The number of rotatable bonds is 1. The average Bonchev–Trinajstić information content (AvgIpc) is 2.65. The Kier molecular flexibility index (Phi) is 2.08. The lowest BCUT2D eigenvalue weighted by Crippen LogP contribution is -1.92. The van der Waals surface area contributed by atoms with Gasteiger partial charge in [-0.1, -0.05) is 12.1 Å². The maximum absolute atomic E-state index is 13.8. The number of aromatic amines is 1. The van der Waals surface area contributed by atoms with Gasteiger partial charge in [0, 0.05) is 11.8 Å². The molecule has 3 heteroatoms. The summed E-state index contributed by atoms with van der Waals surface area (Å²) in [6, 6.07) is 5.46. The number of nitrogens with zero attached hydrogens (tertiary/aromatic N) is 1. The van der Waals surface area contributed by atoms with Gasteiger partial charge in [0.2, 0.25) is 0 Å². The Morgan fingerprint density at radius 3 is 2.50 bits per heavy atom. The lowest BCUT2D eigenvalue weighted by Gasteiger charge is -2.06. The fraction of sp³-hybridized carbons (Fsp3) is 0.182. The van der Waals surface area contributed by atoms with Crippen LogP contribution >= 0.6 is 0 Å². The molecule has 0 aliphatic carbocycles. The molecule has 0 bridgehead atoms. The molecule has 2 aromatic rings. The summed E-state index contributed by atoms with van der Waals surface area (Å²) in [6.45, 7) is 3.65.